The van der Waals surface area contributed by atoms with Crippen LogP contribution in [0.15, 0.2) is 12.3 Å². The van der Waals surface area contributed by atoms with Crippen molar-refractivity contribution in [3.63, 3.8) is 0 Å². The van der Waals surface area contributed by atoms with Crippen molar-refractivity contribution in [2.24, 2.45) is 5.92 Å². The van der Waals surface area contributed by atoms with Gasteiger partial charge in [-0.2, -0.15) is 0 Å². The van der Waals surface area contributed by atoms with Gasteiger partial charge in [-0.3, -0.25) is 0 Å². The Labute approximate surface area is 114 Å². The molecule has 1 fully saturated rings. The summed E-state index contributed by atoms with van der Waals surface area (Å²) in [5, 5.41) is 3.06. The molecule has 0 spiro atoms. The molecule has 2 heterocycles. The molecule has 4 nitrogen and oxygen atoms in total. The Balaban J connectivity index is 2.06. The fourth-order valence-electron chi connectivity index (χ4n) is 2.54. The highest BCUT2D eigenvalue weighted by Gasteiger charge is 2.18. The molecule has 1 aliphatic rings. The lowest BCUT2D eigenvalue weighted by atomic mass is 10.00. The van der Waals surface area contributed by atoms with Crippen LogP contribution < -0.4 is 10.2 Å². The quantitative estimate of drug-likeness (QED) is 0.883. The predicted octanol–water partition coefficient (Wildman–Crippen LogP) is 1.80. The second-order valence-corrected chi connectivity index (χ2v) is 5.10. The Morgan fingerprint density at radius 1 is 1.47 bits per heavy atom. The maximum absolute atomic E-state index is 13.3. The van der Waals surface area contributed by atoms with Gasteiger partial charge < -0.3 is 15.0 Å². The normalized spacial score (nSPS) is 16.6. The van der Waals surface area contributed by atoms with E-state index in [1.807, 2.05) is 14.1 Å². The molecular weight excluding hydrogens is 245 g/mol. The van der Waals surface area contributed by atoms with E-state index in [-0.39, 0.29) is 5.82 Å². The molecule has 2 rings (SSSR count). The first-order valence-electron chi connectivity index (χ1n) is 6.78. The Morgan fingerprint density at radius 2 is 2.21 bits per heavy atom. The number of hydrogen-bond acceptors (Lipinski definition) is 4. The van der Waals surface area contributed by atoms with Gasteiger partial charge in [-0.25, -0.2) is 9.37 Å². The first-order chi connectivity index (χ1) is 9.20. The summed E-state index contributed by atoms with van der Waals surface area (Å²) in [5.74, 6) is 1.21. The van der Waals surface area contributed by atoms with Crippen LogP contribution in [-0.2, 0) is 11.3 Å². The van der Waals surface area contributed by atoms with Crippen molar-refractivity contribution in [1.82, 2.24) is 10.3 Å². The summed E-state index contributed by atoms with van der Waals surface area (Å²) >= 11 is 0. The summed E-state index contributed by atoms with van der Waals surface area (Å²) in [6.07, 6.45) is 3.47. The largest absolute Gasteiger partial charge is 0.381 e. The molecule has 0 unspecified atom stereocenters. The van der Waals surface area contributed by atoms with Crippen LogP contribution >= 0.6 is 0 Å². The summed E-state index contributed by atoms with van der Waals surface area (Å²) in [6, 6.07) is 1.55. The first kappa shape index (κ1) is 14.2. The number of nitrogens with zero attached hydrogens (tertiary/aromatic N) is 2. The van der Waals surface area contributed by atoms with Crippen molar-refractivity contribution >= 4 is 5.82 Å². The molecule has 0 atom stereocenters. The van der Waals surface area contributed by atoms with E-state index in [4.69, 9.17) is 4.74 Å². The molecule has 1 aromatic rings. The number of anilines is 1. The van der Waals surface area contributed by atoms with E-state index in [9.17, 15) is 4.39 Å². The smallest absolute Gasteiger partial charge is 0.141 e. The Morgan fingerprint density at radius 3 is 2.89 bits per heavy atom. The van der Waals surface area contributed by atoms with Crippen LogP contribution in [0.3, 0.4) is 0 Å². The molecule has 1 N–H and O–H groups in total. The molecule has 0 bridgehead atoms. The Kier molecular flexibility index (Phi) is 5.10. The lowest BCUT2D eigenvalue weighted by Crippen LogP contribution is -2.31. The predicted molar refractivity (Wildman–Crippen MR) is 73.8 cm³/mol. The van der Waals surface area contributed by atoms with Gasteiger partial charge in [-0.15, -0.1) is 0 Å². The van der Waals surface area contributed by atoms with Gasteiger partial charge in [0.05, 0.1) is 6.20 Å². The van der Waals surface area contributed by atoms with Crippen molar-refractivity contribution in [2.75, 3.05) is 38.8 Å². The molecule has 1 aromatic heterocycles. The minimum atomic E-state index is -0.284. The van der Waals surface area contributed by atoms with Gasteiger partial charge in [-0.05, 0) is 31.9 Å². The number of aromatic nitrogens is 1. The minimum Gasteiger partial charge on any atom is -0.381 e. The molecule has 0 aromatic carbocycles. The van der Waals surface area contributed by atoms with Crippen molar-refractivity contribution in [3.05, 3.63) is 23.6 Å². The van der Waals surface area contributed by atoms with Crippen molar-refractivity contribution in [1.29, 1.82) is 0 Å². The Bertz CT molecular complexity index is 408. The fraction of sp³-hybridized carbons (Fsp3) is 0.643. The minimum absolute atomic E-state index is 0.284. The standard InChI is InChI=1S/C14H22FN3O/c1-16-8-12-7-13(15)9-17-14(12)18(2)10-11-3-5-19-6-4-11/h7,9,11,16H,3-6,8,10H2,1-2H3. The summed E-state index contributed by atoms with van der Waals surface area (Å²) in [7, 11) is 3.88. The average Bonchev–Trinajstić information content (AvgIpc) is 2.40. The van der Waals surface area contributed by atoms with Crippen molar-refractivity contribution < 1.29 is 9.13 Å². The fourth-order valence-corrected chi connectivity index (χ4v) is 2.54. The van der Waals surface area contributed by atoms with E-state index < -0.39 is 0 Å². The highest BCUT2D eigenvalue weighted by molar-refractivity contribution is 5.46. The topological polar surface area (TPSA) is 37.4 Å². The van der Waals surface area contributed by atoms with E-state index in [2.05, 4.69) is 15.2 Å². The zero-order valence-corrected chi connectivity index (χ0v) is 11.7. The molecule has 106 valence electrons. The van der Waals surface area contributed by atoms with Gasteiger partial charge in [0.15, 0.2) is 0 Å². The average molecular weight is 267 g/mol. The zero-order chi connectivity index (χ0) is 13.7. The zero-order valence-electron chi connectivity index (χ0n) is 11.7. The number of halogens is 1. The Hall–Kier alpha value is -1.20. The second kappa shape index (κ2) is 6.82. The maximum atomic E-state index is 13.3. The van der Waals surface area contributed by atoms with Gasteiger partial charge >= 0.3 is 0 Å². The van der Waals surface area contributed by atoms with Crippen LogP contribution in [0, 0.1) is 11.7 Å². The summed E-state index contributed by atoms with van der Waals surface area (Å²) in [6.45, 7) is 3.26. The molecule has 1 aliphatic heterocycles. The van der Waals surface area contributed by atoms with E-state index in [1.165, 1.54) is 6.20 Å². The molecule has 19 heavy (non-hydrogen) atoms. The maximum Gasteiger partial charge on any atom is 0.141 e. The lowest BCUT2D eigenvalue weighted by molar-refractivity contribution is 0.0685. The van der Waals surface area contributed by atoms with Crippen LogP contribution in [0.25, 0.3) is 0 Å². The third-order valence-corrected chi connectivity index (χ3v) is 3.51. The van der Waals surface area contributed by atoms with Gasteiger partial charge in [0.1, 0.15) is 11.6 Å². The van der Waals surface area contributed by atoms with Gasteiger partial charge in [0.2, 0.25) is 0 Å². The second-order valence-electron chi connectivity index (χ2n) is 5.10. The van der Waals surface area contributed by atoms with Crippen LogP contribution in [-0.4, -0.2) is 38.8 Å². The monoisotopic (exact) mass is 267 g/mol. The highest BCUT2D eigenvalue weighted by Crippen LogP contribution is 2.22. The third-order valence-electron chi connectivity index (χ3n) is 3.51. The molecule has 0 radical (unpaired) electrons. The number of ether oxygens (including phenoxy) is 1. The van der Waals surface area contributed by atoms with Crippen molar-refractivity contribution in [3.8, 4) is 0 Å². The molecule has 0 amide bonds. The number of pyridine rings is 1. The van der Waals surface area contributed by atoms with Crippen LogP contribution in [0.4, 0.5) is 10.2 Å². The summed E-state index contributed by atoms with van der Waals surface area (Å²) in [5.41, 5.74) is 0.900. The molecule has 0 aliphatic carbocycles. The molecule has 5 heteroatoms. The molecule has 0 saturated carbocycles. The van der Waals surface area contributed by atoms with E-state index >= 15 is 0 Å². The van der Waals surface area contributed by atoms with E-state index in [1.54, 1.807) is 6.07 Å². The van der Waals surface area contributed by atoms with Gasteiger partial charge in [0, 0.05) is 38.9 Å². The van der Waals surface area contributed by atoms with Crippen LogP contribution in [0.2, 0.25) is 0 Å². The van der Waals surface area contributed by atoms with E-state index in [0.717, 1.165) is 44.0 Å². The first-order valence-corrected chi connectivity index (χ1v) is 6.78. The third kappa shape index (κ3) is 3.88. The van der Waals surface area contributed by atoms with Crippen LogP contribution in [0.1, 0.15) is 18.4 Å². The molecular formula is C14H22FN3O. The molecule has 1 saturated heterocycles. The van der Waals surface area contributed by atoms with Crippen molar-refractivity contribution in [2.45, 2.75) is 19.4 Å². The number of nitrogens with one attached hydrogen (secondary N) is 1. The lowest BCUT2D eigenvalue weighted by Gasteiger charge is -2.28. The number of rotatable bonds is 5. The summed E-state index contributed by atoms with van der Waals surface area (Å²) < 4.78 is 18.6. The SMILES string of the molecule is CNCc1cc(F)cnc1N(C)CC1CCOCC1. The van der Waals surface area contributed by atoms with Gasteiger partial charge in [-0.1, -0.05) is 0 Å². The number of hydrogen-bond donors (Lipinski definition) is 1. The highest BCUT2D eigenvalue weighted by atomic mass is 19.1. The summed E-state index contributed by atoms with van der Waals surface area (Å²) in [4.78, 5) is 6.37. The van der Waals surface area contributed by atoms with E-state index in [0.29, 0.717) is 12.5 Å². The van der Waals surface area contributed by atoms with Gasteiger partial charge in [0.25, 0.3) is 0 Å². The van der Waals surface area contributed by atoms with Crippen LogP contribution in [0.5, 0.6) is 0 Å².